The molecule has 3 aromatic carbocycles. The Kier molecular flexibility index (Phi) is 9.16. The highest BCUT2D eigenvalue weighted by molar-refractivity contribution is 6.30. The molecule has 1 amide bonds. The zero-order valence-electron chi connectivity index (χ0n) is 25.4. The molecule has 3 aliphatic heterocycles. The molecule has 0 radical (unpaired) electrons. The molecule has 3 heterocycles. The number of benzene rings is 3. The van der Waals surface area contributed by atoms with Crippen LogP contribution < -0.4 is 19.7 Å². The summed E-state index contributed by atoms with van der Waals surface area (Å²) in [4.78, 5) is 30.8. The van der Waals surface area contributed by atoms with Gasteiger partial charge in [-0.1, -0.05) is 37.6 Å². The largest absolute Gasteiger partial charge is 0.481 e. The first-order chi connectivity index (χ1) is 21.8. The fourth-order valence-corrected chi connectivity index (χ4v) is 7.10. The van der Waals surface area contributed by atoms with Crippen molar-refractivity contribution in [1.29, 1.82) is 0 Å². The monoisotopic (exact) mass is 637 g/mol. The number of amides is 1. The molecular formula is C34H37ClFN3O6. The number of carboxylic acids is 1. The number of hydrogen-bond donors (Lipinski definition) is 2. The Morgan fingerprint density at radius 3 is 2.33 bits per heavy atom. The smallest absolute Gasteiger partial charge is 0.309 e. The number of nitrogens with one attached hydrogen (secondary N) is 1. The van der Waals surface area contributed by atoms with Gasteiger partial charge < -0.3 is 29.5 Å². The molecule has 6 rings (SSSR count). The fraction of sp³-hybridized carbons (Fsp3) is 0.412. The molecular weight excluding hydrogens is 601 g/mol. The van der Waals surface area contributed by atoms with Crippen molar-refractivity contribution >= 4 is 34.9 Å². The van der Waals surface area contributed by atoms with Crippen molar-refractivity contribution in [2.45, 2.75) is 38.6 Å². The molecule has 2 saturated heterocycles. The number of rotatable bonds is 9. The first kappa shape index (κ1) is 31.1. The number of morpholine rings is 1. The summed E-state index contributed by atoms with van der Waals surface area (Å²) in [5.41, 5.74) is 4.88. The summed E-state index contributed by atoms with van der Waals surface area (Å²) in [6.45, 7) is 6.92. The molecule has 1 unspecified atom stereocenters. The Balaban J connectivity index is 1.34. The molecule has 3 aromatic rings. The highest BCUT2D eigenvalue weighted by atomic mass is 35.5. The predicted octanol–water partition coefficient (Wildman–Crippen LogP) is 5.65. The lowest BCUT2D eigenvalue weighted by Gasteiger charge is -2.30. The number of carbonyl (C=O) groups is 2. The molecule has 9 nitrogen and oxygen atoms in total. The number of carboxylic acid groups (broad SMARTS) is 1. The normalized spacial score (nSPS) is 21.2. The highest BCUT2D eigenvalue weighted by Gasteiger charge is 2.48. The summed E-state index contributed by atoms with van der Waals surface area (Å²) in [6.07, 6.45) is 1.37. The van der Waals surface area contributed by atoms with Gasteiger partial charge in [-0.25, -0.2) is 4.39 Å². The molecule has 0 aromatic heterocycles. The van der Waals surface area contributed by atoms with Gasteiger partial charge in [0.2, 0.25) is 18.4 Å². The Labute approximate surface area is 266 Å². The number of likely N-dealkylation sites (tertiary alicyclic amines) is 1. The second kappa shape index (κ2) is 13.2. The van der Waals surface area contributed by atoms with E-state index in [1.807, 2.05) is 55.1 Å². The van der Waals surface area contributed by atoms with Gasteiger partial charge in [-0.3, -0.25) is 14.5 Å². The van der Waals surface area contributed by atoms with E-state index in [0.717, 1.165) is 41.2 Å². The minimum absolute atomic E-state index is 0.0246. The Bertz CT molecular complexity index is 1550. The fourth-order valence-electron chi connectivity index (χ4n) is 6.84. The number of ether oxygens (including phenoxy) is 3. The van der Waals surface area contributed by atoms with E-state index in [1.54, 1.807) is 6.07 Å². The molecule has 0 spiro atoms. The minimum Gasteiger partial charge on any atom is -0.481 e. The molecule has 3 atom stereocenters. The lowest BCUT2D eigenvalue weighted by molar-refractivity contribution is -0.143. The minimum atomic E-state index is -1.03. The number of fused-ring (bicyclic) bond motifs is 1. The third kappa shape index (κ3) is 6.32. The van der Waals surface area contributed by atoms with Gasteiger partial charge in [0.25, 0.3) is 0 Å². The van der Waals surface area contributed by atoms with Crippen molar-refractivity contribution in [2.24, 2.45) is 5.92 Å². The van der Waals surface area contributed by atoms with Crippen molar-refractivity contribution in [3.63, 3.8) is 0 Å². The van der Waals surface area contributed by atoms with Crippen molar-refractivity contribution < 1.29 is 33.3 Å². The number of carbonyl (C=O) groups excluding carboxylic acids is 1. The van der Waals surface area contributed by atoms with Crippen LogP contribution in [0.2, 0.25) is 5.02 Å². The summed E-state index contributed by atoms with van der Waals surface area (Å²) in [7, 11) is 0. The quantitative estimate of drug-likeness (QED) is 0.311. The molecule has 3 aliphatic rings. The van der Waals surface area contributed by atoms with Crippen LogP contribution in [0.4, 0.5) is 15.8 Å². The SMILES string of the molecule is CCc1cc(Cl)cc(CC)c1NC(=O)CN1C[C@H](c2cc(F)c3c(c2)OCO3)C(C(=O)O)[C@@H]1c1ccc(N2CCOCC2)cc1. The maximum atomic E-state index is 15.0. The number of anilines is 2. The van der Waals surface area contributed by atoms with E-state index < -0.39 is 29.7 Å². The number of halogens is 2. The maximum Gasteiger partial charge on any atom is 0.309 e. The molecule has 0 saturated carbocycles. The van der Waals surface area contributed by atoms with Crippen molar-refractivity contribution in [2.75, 3.05) is 56.4 Å². The lowest BCUT2D eigenvalue weighted by atomic mass is 9.82. The summed E-state index contributed by atoms with van der Waals surface area (Å²) >= 11 is 6.34. The zero-order chi connectivity index (χ0) is 31.7. The third-order valence-corrected chi connectivity index (χ3v) is 9.23. The van der Waals surface area contributed by atoms with Crippen molar-refractivity contribution in [1.82, 2.24) is 4.90 Å². The number of nitrogens with zero attached hydrogens (tertiary/aromatic N) is 2. The van der Waals surface area contributed by atoms with Gasteiger partial charge >= 0.3 is 5.97 Å². The molecule has 11 heteroatoms. The van der Waals surface area contributed by atoms with Crippen LogP contribution in [0, 0.1) is 11.7 Å². The van der Waals surface area contributed by atoms with Crippen LogP contribution >= 0.6 is 11.6 Å². The van der Waals surface area contributed by atoms with E-state index >= 15 is 4.39 Å². The molecule has 2 N–H and O–H groups in total. The molecule has 0 aliphatic carbocycles. The van der Waals surface area contributed by atoms with Gasteiger partial charge in [-0.15, -0.1) is 0 Å². The molecule has 0 bridgehead atoms. The van der Waals surface area contributed by atoms with Gasteiger partial charge in [-0.05, 0) is 71.5 Å². The van der Waals surface area contributed by atoms with Crippen molar-refractivity contribution in [3.05, 3.63) is 81.6 Å². The average molecular weight is 638 g/mol. The number of aliphatic carboxylic acids is 1. The third-order valence-electron chi connectivity index (χ3n) is 9.01. The standard InChI is InChI=1S/C34H37ClFN3O6/c1-3-20-13-24(35)14-21(4-2)31(20)37-29(40)18-39-17-26(23-15-27(36)33-28(16-23)44-19-45-33)30(34(41)42)32(39)22-5-7-25(8-6-22)38-9-11-43-12-10-38/h5-8,13-16,26,30,32H,3-4,9-12,17-19H2,1-2H3,(H,37,40)(H,41,42)/t26-,30?,32+/m1/s1. The van der Waals surface area contributed by atoms with Crippen LogP contribution in [-0.2, 0) is 27.2 Å². The summed E-state index contributed by atoms with van der Waals surface area (Å²) in [6, 6.07) is 13.9. The van der Waals surface area contributed by atoms with E-state index in [1.165, 1.54) is 6.07 Å². The van der Waals surface area contributed by atoms with Crippen LogP contribution in [-0.4, -0.2) is 68.1 Å². The first-order valence-electron chi connectivity index (χ1n) is 15.4. The van der Waals surface area contributed by atoms with Gasteiger partial charge in [0.1, 0.15) is 0 Å². The summed E-state index contributed by atoms with van der Waals surface area (Å²) in [5.74, 6) is -3.19. The van der Waals surface area contributed by atoms with Gasteiger partial charge in [0.15, 0.2) is 11.6 Å². The maximum absolute atomic E-state index is 15.0. The van der Waals surface area contributed by atoms with E-state index in [-0.39, 0.29) is 37.3 Å². The topological polar surface area (TPSA) is 101 Å². The van der Waals surface area contributed by atoms with Crippen LogP contribution in [0.25, 0.3) is 0 Å². The number of hydrogen-bond acceptors (Lipinski definition) is 7. The van der Waals surface area contributed by atoms with Gasteiger partial charge in [0.05, 0.1) is 25.7 Å². The zero-order valence-corrected chi connectivity index (χ0v) is 26.1. The first-order valence-corrected chi connectivity index (χ1v) is 15.7. The lowest BCUT2D eigenvalue weighted by Crippen LogP contribution is -2.36. The summed E-state index contributed by atoms with van der Waals surface area (Å²) in [5, 5.41) is 14.4. The average Bonchev–Trinajstić information content (AvgIpc) is 3.67. The van der Waals surface area contributed by atoms with E-state index in [9.17, 15) is 14.7 Å². The van der Waals surface area contributed by atoms with Crippen molar-refractivity contribution in [3.8, 4) is 11.5 Å². The Hall–Kier alpha value is -3.86. The van der Waals surface area contributed by atoms with Gasteiger partial charge in [-0.2, -0.15) is 0 Å². The van der Waals surface area contributed by atoms with Gasteiger partial charge in [0, 0.05) is 48.0 Å². The molecule has 45 heavy (non-hydrogen) atoms. The predicted molar refractivity (Wildman–Crippen MR) is 169 cm³/mol. The second-order valence-electron chi connectivity index (χ2n) is 11.6. The van der Waals surface area contributed by atoms with Crippen LogP contribution in [0.3, 0.4) is 0 Å². The Morgan fingerprint density at radius 1 is 1.00 bits per heavy atom. The molecule has 2 fully saturated rings. The van der Waals surface area contributed by atoms with E-state index in [2.05, 4.69) is 10.2 Å². The van der Waals surface area contributed by atoms with Crippen LogP contribution in [0.5, 0.6) is 11.5 Å². The van der Waals surface area contributed by atoms with E-state index in [4.69, 9.17) is 25.8 Å². The summed E-state index contributed by atoms with van der Waals surface area (Å²) < 4.78 is 31.2. The molecule has 238 valence electrons. The van der Waals surface area contributed by atoms with Crippen LogP contribution in [0.1, 0.15) is 48.1 Å². The van der Waals surface area contributed by atoms with E-state index in [0.29, 0.717) is 36.6 Å². The highest BCUT2D eigenvalue weighted by Crippen LogP contribution is 2.48. The number of aryl methyl sites for hydroxylation is 2. The van der Waals surface area contributed by atoms with Crippen LogP contribution in [0.15, 0.2) is 48.5 Å². The second-order valence-corrected chi connectivity index (χ2v) is 12.1. The Morgan fingerprint density at radius 2 is 1.69 bits per heavy atom.